The third-order valence-corrected chi connectivity index (χ3v) is 2.84. The summed E-state index contributed by atoms with van der Waals surface area (Å²) in [6, 6.07) is 0. The average molecular weight is 200 g/mol. The van der Waals surface area contributed by atoms with E-state index in [4.69, 9.17) is 10.5 Å². The Morgan fingerprint density at radius 1 is 1.62 bits per heavy atom. The van der Waals surface area contributed by atoms with Crippen LogP contribution in [0.1, 0.15) is 30.7 Å². The fourth-order valence-corrected chi connectivity index (χ4v) is 2.28. The molecule has 0 saturated carbocycles. The molecule has 1 heterocycles. The van der Waals surface area contributed by atoms with Crippen molar-refractivity contribution < 1.29 is 4.74 Å². The van der Waals surface area contributed by atoms with Gasteiger partial charge in [0, 0.05) is 19.0 Å². The van der Waals surface area contributed by atoms with Crippen LogP contribution in [-0.4, -0.2) is 12.1 Å². The van der Waals surface area contributed by atoms with Gasteiger partial charge in [0.1, 0.15) is 11.1 Å². The molecule has 1 atom stereocenters. The highest BCUT2D eigenvalue weighted by Crippen LogP contribution is 2.27. The molecule has 1 unspecified atom stereocenters. The second-order valence-corrected chi connectivity index (χ2v) is 4.17. The van der Waals surface area contributed by atoms with Crippen molar-refractivity contribution >= 4 is 11.3 Å². The Labute approximate surface area is 82.9 Å². The Morgan fingerprint density at radius 3 is 2.69 bits per heavy atom. The standard InChI is InChI=1S/C9H16N2OS/c1-6(2)8(12-3)9-11-7(4-10)5-13-9/h5-6,8H,4,10H2,1-3H3. The number of nitrogens with zero attached hydrogens (tertiary/aromatic N) is 1. The molecule has 0 aromatic carbocycles. The number of thiazole rings is 1. The third kappa shape index (κ3) is 2.49. The van der Waals surface area contributed by atoms with Gasteiger partial charge in [0.2, 0.25) is 0 Å². The first-order valence-electron chi connectivity index (χ1n) is 4.36. The minimum absolute atomic E-state index is 0.102. The predicted octanol–water partition coefficient (Wildman–Crippen LogP) is 1.95. The van der Waals surface area contributed by atoms with Gasteiger partial charge in [-0.05, 0) is 5.92 Å². The molecule has 0 radical (unpaired) electrons. The Hall–Kier alpha value is -0.450. The van der Waals surface area contributed by atoms with Crippen LogP contribution < -0.4 is 5.73 Å². The molecule has 2 N–H and O–H groups in total. The molecule has 0 aliphatic carbocycles. The lowest BCUT2D eigenvalue weighted by Gasteiger charge is -2.15. The predicted molar refractivity (Wildman–Crippen MR) is 54.6 cm³/mol. The summed E-state index contributed by atoms with van der Waals surface area (Å²) in [5.41, 5.74) is 6.43. The summed E-state index contributed by atoms with van der Waals surface area (Å²) >= 11 is 1.62. The van der Waals surface area contributed by atoms with Crippen molar-refractivity contribution in [3.8, 4) is 0 Å². The van der Waals surface area contributed by atoms with Gasteiger partial charge >= 0.3 is 0 Å². The van der Waals surface area contributed by atoms with Crippen molar-refractivity contribution in [2.45, 2.75) is 26.5 Å². The van der Waals surface area contributed by atoms with Crippen molar-refractivity contribution in [3.05, 3.63) is 16.1 Å². The number of hydrogen-bond donors (Lipinski definition) is 1. The van der Waals surface area contributed by atoms with Crippen molar-refractivity contribution in [3.63, 3.8) is 0 Å². The van der Waals surface area contributed by atoms with Crippen LogP contribution in [0.2, 0.25) is 0 Å². The molecule has 1 rings (SSSR count). The van der Waals surface area contributed by atoms with Gasteiger partial charge in [-0.25, -0.2) is 4.98 Å². The van der Waals surface area contributed by atoms with Gasteiger partial charge in [-0.2, -0.15) is 0 Å². The van der Waals surface area contributed by atoms with Crippen LogP contribution >= 0.6 is 11.3 Å². The van der Waals surface area contributed by atoms with Crippen LogP contribution in [0.25, 0.3) is 0 Å². The zero-order valence-corrected chi connectivity index (χ0v) is 9.10. The number of ether oxygens (including phenoxy) is 1. The molecule has 0 bridgehead atoms. The van der Waals surface area contributed by atoms with E-state index in [0.717, 1.165) is 10.7 Å². The number of rotatable bonds is 4. The Balaban J connectivity index is 2.79. The maximum absolute atomic E-state index is 5.48. The van der Waals surface area contributed by atoms with Gasteiger partial charge in [-0.1, -0.05) is 13.8 Å². The van der Waals surface area contributed by atoms with Gasteiger partial charge in [-0.15, -0.1) is 11.3 Å². The summed E-state index contributed by atoms with van der Waals surface area (Å²) < 4.78 is 5.36. The summed E-state index contributed by atoms with van der Waals surface area (Å²) in [5.74, 6) is 0.446. The fourth-order valence-electron chi connectivity index (χ4n) is 1.21. The van der Waals surface area contributed by atoms with Crippen molar-refractivity contribution in [1.29, 1.82) is 0 Å². The highest BCUT2D eigenvalue weighted by atomic mass is 32.1. The van der Waals surface area contributed by atoms with Crippen LogP contribution in [0.5, 0.6) is 0 Å². The van der Waals surface area contributed by atoms with Crippen LogP contribution in [0.15, 0.2) is 5.38 Å². The molecule has 0 aliphatic heterocycles. The highest BCUT2D eigenvalue weighted by Gasteiger charge is 2.18. The quantitative estimate of drug-likeness (QED) is 0.808. The molecule has 1 aromatic rings. The van der Waals surface area contributed by atoms with Crippen molar-refractivity contribution in [2.75, 3.05) is 7.11 Å². The smallest absolute Gasteiger partial charge is 0.122 e. The van der Waals surface area contributed by atoms with E-state index in [1.807, 2.05) is 5.38 Å². The molecule has 0 amide bonds. The van der Waals surface area contributed by atoms with Gasteiger partial charge in [0.15, 0.2) is 0 Å². The first-order chi connectivity index (χ1) is 6.19. The van der Waals surface area contributed by atoms with Gasteiger partial charge in [0.05, 0.1) is 5.69 Å². The lowest BCUT2D eigenvalue weighted by atomic mass is 10.1. The van der Waals surface area contributed by atoms with Crippen LogP contribution in [0, 0.1) is 5.92 Å². The third-order valence-electron chi connectivity index (χ3n) is 1.88. The van der Waals surface area contributed by atoms with Gasteiger partial charge in [-0.3, -0.25) is 0 Å². The van der Waals surface area contributed by atoms with Crippen molar-refractivity contribution in [2.24, 2.45) is 11.7 Å². The fraction of sp³-hybridized carbons (Fsp3) is 0.667. The zero-order valence-electron chi connectivity index (χ0n) is 8.28. The number of hydrogen-bond acceptors (Lipinski definition) is 4. The second-order valence-electron chi connectivity index (χ2n) is 3.28. The first kappa shape index (κ1) is 10.6. The Morgan fingerprint density at radius 2 is 2.31 bits per heavy atom. The van der Waals surface area contributed by atoms with Crippen LogP contribution in [0.3, 0.4) is 0 Å². The van der Waals surface area contributed by atoms with E-state index < -0.39 is 0 Å². The molecule has 1 aromatic heterocycles. The Bertz CT molecular complexity index is 260. The molecule has 0 saturated heterocycles. The lowest BCUT2D eigenvalue weighted by Crippen LogP contribution is -2.09. The van der Waals surface area contributed by atoms with Crippen LogP contribution in [0.4, 0.5) is 0 Å². The van der Waals surface area contributed by atoms with E-state index in [2.05, 4.69) is 18.8 Å². The second kappa shape index (κ2) is 4.69. The van der Waals surface area contributed by atoms with E-state index >= 15 is 0 Å². The first-order valence-corrected chi connectivity index (χ1v) is 5.24. The van der Waals surface area contributed by atoms with E-state index in [1.165, 1.54) is 0 Å². The molecule has 74 valence electrons. The summed E-state index contributed by atoms with van der Waals surface area (Å²) in [6.45, 7) is 4.75. The lowest BCUT2D eigenvalue weighted by molar-refractivity contribution is 0.0643. The molecule has 0 fully saturated rings. The molecule has 3 nitrogen and oxygen atoms in total. The van der Waals surface area contributed by atoms with Gasteiger partial charge in [0.25, 0.3) is 0 Å². The molecule has 0 aliphatic rings. The summed E-state index contributed by atoms with van der Waals surface area (Å²) in [5, 5.41) is 3.02. The molecular weight excluding hydrogens is 184 g/mol. The summed E-state index contributed by atoms with van der Waals surface area (Å²) in [7, 11) is 1.72. The number of methoxy groups -OCH3 is 1. The van der Waals surface area contributed by atoms with E-state index in [0.29, 0.717) is 12.5 Å². The van der Waals surface area contributed by atoms with E-state index in [-0.39, 0.29) is 6.10 Å². The molecular formula is C9H16N2OS. The summed E-state index contributed by atoms with van der Waals surface area (Å²) in [4.78, 5) is 4.39. The summed E-state index contributed by atoms with van der Waals surface area (Å²) in [6.07, 6.45) is 0.102. The molecule has 13 heavy (non-hydrogen) atoms. The highest BCUT2D eigenvalue weighted by molar-refractivity contribution is 7.09. The Kier molecular flexibility index (Phi) is 3.84. The monoisotopic (exact) mass is 200 g/mol. The van der Waals surface area contributed by atoms with Crippen LogP contribution in [-0.2, 0) is 11.3 Å². The SMILES string of the molecule is COC(c1nc(CN)cs1)C(C)C. The number of nitrogens with two attached hydrogens (primary N) is 1. The number of aromatic nitrogens is 1. The topological polar surface area (TPSA) is 48.1 Å². The largest absolute Gasteiger partial charge is 0.374 e. The zero-order chi connectivity index (χ0) is 9.84. The average Bonchev–Trinajstić information content (AvgIpc) is 2.53. The van der Waals surface area contributed by atoms with E-state index in [9.17, 15) is 0 Å². The molecule has 0 spiro atoms. The van der Waals surface area contributed by atoms with E-state index in [1.54, 1.807) is 18.4 Å². The normalized spacial score (nSPS) is 13.6. The maximum Gasteiger partial charge on any atom is 0.122 e. The maximum atomic E-state index is 5.48. The van der Waals surface area contributed by atoms with Crippen molar-refractivity contribution in [1.82, 2.24) is 4.98 Å². The molecule has 4 heteroatoms. The minimum atomic E-state index is 0.102. The minimum Gasteiger partial charge on any atom is -0.374 e. The van der Waals surface area contributed by atoms with Gasteiger partial charge < -0.3 is 10.5 Å².